The van der Waals surface area contributed by atoms with Crippen molar-refractivity contribution in [3.8, 4) is 44.5 Å². The van der Waals surface area contributed by atoms with E-state index in [0.29, 0.717) is 0 Å². The van der Waals surface area contributed by atoms with Gasteiger partial charge in [0, 0.05) is 95.1 Å². The molecular formula is C48H26N2S2. The van der Waals surface area contributed by atoms with Crippen molar-refractivity contribution in [2.75, 3.05) is 0 Å². The molecular weight excluding hydrogens is 669 g/mol. The Hall–Kier alpha value is -6.20. The number of thiophene rings is 2. The van der Waals surface area contributed by atoms with Gasteiger partial charge in [0.2, 0.25) is 0 Å². The first kappa shape index (κ1) is 27.5. The molecule has 13 rings (SSSR count). The molecule has 0 atom stereocenters. The Morgan fingerprint density at radius 1 is 0.288 bits per heavy atom. The van der Waals surface area contributed by atoms with E-state index in [1.54, 1.807) is 0 Å². The van der Waals surface area contributed by atoms with Crippen LogP contribution in [0.15, 0.2) is 146 Å². The zero-order valence-corrected chi connectivity index (χ0v) is 29.3. The predicted molar refractivity (Wildman–Crippen MR) is 226 cm³/mol. The topological polar surface area (TPSA) is 31.6 Å². The van der Waals surface area contributed by atoms with E-state index in [2.05, 4.69) is 156 Å². The number of aromatic amines is 2. The number of aromatic nitrogens is 2. The Morgan fingerprint density at radius 2 is 0.712 bits per heavy atom. The Morgan fingerprint density at radius 3 is 1.19 bits per heavy atom. The van der Waals surface area contributed by atoms with Crippen molar-refractivity contribution in [3.63, 3.8) is 0 Å². The van der Waals surface area contributed by atoms with Crippen molar-refractivity contribution in [1.82, 2.24) is 9.97 Å². The van der Waals surface area contributed by atoms with Gasteiger partial charge in [0.25, 0.3) is 0 Å². The number of fused-ring (bicyclic) bond motifs is 22. The largest absolute Gasteiger partial charge is 0.354 e. The fraction of sp³-hybridized carbons (Fsp3) is 0. The second-order valence-electron chi connectivity index (χ2n) is 14.1. The molecule has 2 nitrogen and oxygen atoms in total. The first-order chi connectivity index (χ1) is 25.8. The first-order valence-electron chi connectivity index (χ1n) is 17.8. The molecule has 4 heteroatoms. The number of H-pyrrole nitrogens is 2. The molecule has 0 aliphatic heterocycles. The van der Waals surface area contributed by atoms with Gasteiger partial charge in [0.1, 0.15) is 0 Å². The van der Waals surface area contributed by atoms with Crippen molar-refractivity contribution >= 4 is 107 Å². The fourth-order valence-corrected chi connectivity index (χ4v) is 11.5. The Bertz CT molecular complexity index is 3300. The monoisotopic (exact) mass is 694 g/mol. The third-order valence-corrected chi connectivity index (χ3v) is 13.8. The maximum atomic E-state index is 3.79. The molecule has 240 valence electrons. The molecule has 0 spiro atoms. The Labute approximate surface area is 305 Å². The molecule has 0 amide bonds. The van der Waals surface area contributed by atoms with Crippen LogP contribution in [0.4, 0.5) is 0 Å². The van der Waals surface area contributed by atoms with Gasteiger partial charge in [-0.1, -0.05) is 84.9 Å². The van der Waals surface area contributed by atoms with E-state index in [1.807, 2.05) is 22.7 Å². The molecule has 0 saturated heterocycles. The van der Waals surface area contributed by atoms with E-state index in [9.17, 15) is 0 Å². The van der Waals surface area contributed by atoms with Crippen molar-refractivity contribution in [2.24, 2.45) is 0 Å². The number of nitrogens with one attached hydrogen (secondary N) is 2. The highest BCUT2D eigenvalue weighted by atomic mass is 32.1. The van der Waals surface area contributed by atoms with E-state index >= 15 is 0 Å². The highest BCUT2D eigenvalue weighted by molar-refractivity contribution is 7.26. The van der Waals surface area contributed by atoms with Crippen molar-refractivity contribution < 1.29 is 0 Å². The number of para-hydroxylation sites is 2. The van der Waals surface area contributed by atoms with Crippen LogP contribution in [0, 0.1) is 0 Å². The van der Waals surface area contributed by atoms with Gasteiger partial charge in [0.05, 0.1) is 0 Å². The minimum Gasteiger partial charge on any atom is -0.354 e. The minimum atomic E-state index is 1.16. The molecule has 12 aromatic rings. The molecule has 1 aliphatic carbocycles. The number of hydrogen-bond acceptors (Lipinski definition) is 2. The van der Waals surface area contributed by atoms with E-state index in [0.717, 1.165) is 22.1 Å². The van der Waals surface area contributed by atoms with Crippen LogP contribution in [0.3, 0.4) is 0 Å². The molecule has 0 unspecified atom stereocenters. The zero-order chi connectivity index (χ0) is 33.7. The molecule has 4 heterocycles. The van der Waals surface area contributed by atoms with Crippen LogP contribution < -0.4 is 0 Å². The minimum absolute atomic E-state index is 1.16. The normalized spacial score (nSPS) is 12.6. The molecule has 0 saturated carbocycles. The molecule has 0 radical (unpaired) electrons. The van der Waals surface area contributed by atoms with Gasteiger partial charge in [-0.3, -0.25) is 0 Å². The summed E-state index contributed by atoms with van der Waals surface area (Å²) in [7, 11) is 0. The average Bonchev–Trinajstić information content (AvgIpc) is 3.95. The standard InChI is InChI=1S/C48H26N2S2/c1-5-13-37-29(11-1)47-39(49-37)19-17-27-28-18-20-40-48(30-12-2-6-14-38(30)50-40)46(28)36-22-34-26-10-4-8-16-42(26)52-44(34)24-32(36)31-23-43-33(21-35(31)45(27)47)25-9-3-7-15-41(25)51-43/h1-24,49-50H. The lowest BCUT2D eigenvalue weighted by atomic mass is 9.77. The summed E-state index contributed by atoms with van der Waals surface area (Å²) in [5, 5.41) is 10.4. The molecule has 4 aromatic heterocycles. The third-order valence-electron chi connectivity index (χ3n) is 11.5. The highest BCUT2D eigenvalue weighted by Crippen LogP contribution is 2.56. The highest BCUT2D eigenvalue weighted by Gasteiger charge is 2.29. The summed E-state index contributed by atoms with van der Waals surface area (Å²) >= 11 is 3.80. The van der Waals surface area contributed by atoms with Crippen LogP contribution in [0.2, 0.25) is 0 Å². The van der Waals surface area contributed by atoms with Crippen molar-refractivity contribution in [3.05, 3.63) is 146 Å². The number of rotatable bonds is 0. The first-order valence-corrected chi connectivity index (χ1v) is 19.4. The lowest BCUT2D eigenvalue weighted by Gasteiger charge is -2.25. The van der Waals surface area contributed by atoms with Crippen molar-refractivity contribution in [1.29, 1.82) is 0 Å². The van der Waals surface area contributed by atoms with Crippen LogP contribution in [-0.2, 0) is 0 Å². The van der Waals surface area contributed by atoms with E-state index in [-0.39, 0.29) is 0 Å². The van der Waals surface area contributed by atoms with Crippen LogP contribution in [-0.4, -0.2) is 9.97 Å². The second-order valence-corrected chi connectivity index (χ2v) is 16.3. The summed E-state index contributed by atoms with van der Waals surface area (Å²) in [6.45, 7) is 0. The summed E-state index contributed by atoms with van der Waals surface area (Å²) in [6.07, 6.45) is 0. The van der Waals surface area contributed by atoms with Gasteiger partial charge in [-0.05, 0) is 94.0 Å². The fourth-order valence-electron chi connectivity index (χ4n) is 9.29. The molecule has 8 aromatic carbocycles. The average molecular weight is 695 g/mol. The summed E-state index contributed by atoms with van der Waals surface area (Å²) in [5.74, 6) is 0. The smallest absolute Gasteiger partial charge is 0.0471 e. The van der Waals surface area contributed by atoms with Gasteiger partial charge in [-0.15, -0.1) is 22.7 Å². The lowest BCUT2D eigenvalue weighted by Crippen LogP contribution is -1.98. The number of benzene rings is 8. The van der Waals surface area contributed by atoms with Crippen LogP contribution in [0.1, 0.15) is 0 Å². The lowest BCUT2D eigenvalue weighted by molar-refractivity contribution is 1.53. The van der Waals surface area contributed by atoms with E-state index in [1.165, 1.54) is 106 Å². The maximum Gasteiger partial charge on any atom is 0.0471 e. The van der Waals surface area contributed by atoms with E-state index < -0.39 is 0 Å². The van der Waals surface area contributed by atoms with Gasteiger partial charge < -0.3 is 9.97 Å². The Balaban J connectivity index is 1.32. The van der Waals surface area contributed by atoms with Crippen LogP contribution >= 0.6 is 22.7 Å². The van der Waals surface area contributed by atoms with Gasteiger partial charge in [-0.25, -0.2) is 0 Å². The number of hydrogen-bond donors (Lipinski definition) is 2. The summed E-state index contributed by atoms with van der Waals surface area (Å²) in [4.78, 5) is 7.57. The third kappa shape index (κ3) is 3.48. The Kier molecular flexibility index (Phi) is 5.17. The van der Waals surface area contributed by atoms with Gasteiger partial charge in [0.15, 0.2) is 0 Å². The summed E-state index contributed by atoms with van der Waals surface area (Å²) in [5.41, 5.74) is 14.9. The van der Waals surface area contributed by atoms with Crippen LogP contribution in [0.25, 0.3) is 128 Å². The quantitative estimate of drug-likeness (QED) is 0.158. The SMILES string of the molecule is c1ccc2c(c1)[nH]c1ccc3c(c12)-c1cc2c(cc1-c1cc4sc5ccccc5c4cc1-c1c-3ccc3[nH]c4ccccc4c13)sc1ccccc12. The van der Waals surface area contributed by atoms with Gasteiger partial charge >= 0.3 is 0 Å². The van der Waals surface area contributed by atoms with Crippen molar-refractivity contribution in [2.45, 2.75) is 0 Å². The zero-order valence-electron chi connectivity index (χ0n) is 27.7. The molecule has 0 bridgehead atoms. The van der Waals surface area contributed by atoms with Gasteiger partial charge in [-0.2, -0.15) is 0 Å². The molecule has 2 N–H and O–H groups in total. The summed E-state index contributed by atoms with van der Waals surface area (Å²) < 4.78 is 5.29. The maximum absolute atomic E-state index is 3.79. The molecule has 1 aliphatic rings. The summed E-state index contributed by atoms with van der Waals surface area (Å²) in [6, 6.07) is 54.7. The predicted octanol–water partition coefficient (Wildman–Crippen LogP) is 14.7. The second kappa shape index (κ2) is 9.77. The molecule has 0 fully saturated rings. The van der Waals surface area contributed by atoms with E-state index in [4.69, 9.17) is 0 Å². The van der Waals surface area contributed by atoms with Crippen LogP contribution in [0.5, 0.6) is 0 Å². The molecule has 52 heavy (non-hydrogen) atoms.